The smallest absolute Gasteiger partial charge is 0.341 e. The molecule has 2 unspecified atom stereocenters. The third-order valence-electron chi connectivity index (χ3n) is 4.25. The molecule has 3 heterocycles. The number of ketones is 1. The first-order valence-electron chi connectivity index (χ1n) is 8.37. The molecule has 6 nitrogen and oxygen atoms in total. The number of hydrogen-bond acceptors (Lipinski definition) is 6. The topological polar surface area (TPSA) is 69.6 Å². The van der Waals surface area contributed by atoms with Crippen LogP contribution in [0, 0.1) is 6.92 Å². The predicted molar refractivity (Wildman–Crippen MR) is 91.7 cm³/mol. The van der Waals surface area contributed by atoms with Crippen LogP contribution in [0.15, 0.2) is 11.2 Å². The van der Waals surface area contributed by atoms with Gasteiger partial charge in [-0.3, -0.25) is 4.79 Å². The number of thioether (sulfide) groups is 1. The number of hydrogen-bond donors (Lipinski definition) is 1. The molecule has 0 aromatic carbocycles. The van der Waals surface area contributed by atoms with Gasteiger partial charge >= 0.3 is 5.97 Å². The van der Waals surface area contributed by atoms with Crippen LogP contribution in [0.1, 0.15) is 42.2 Å². The van der Waals surface area contributed by atoms with Crippen LogP contribution in [0.3, 0.4) is 0 Å². The summed E-state index contributed by atoms with van der Waals surface area (Å²) in [5.74, 6) is 0.637. The highest BCUT2D eigenvalue weighted by Crippen LogP contribution is 2.40. The van der Waals surface area contributed by atoms with E-state index in [1.54, 1.807) is 11.8 Å². The van der Waals surface area contributed by atoms with Gasteiger partial charge in [-0.15, -0.1) is 11.8 Å². The maximum atomic E-state index is 12.5. The Hall–Kier alpha value is -1.31. The molecule has 1 saturated heterocycles. The van der Waals surface area contributed by atoms with Crippen LogP contribution in [-0.4, -0.2) is 54.0 Å². The van der Waals surface area contributed by atoms with Crippen molar-refractivity contribution in [3.63, 3.8) is 0 Å². The molecule has 24 heavy (non-hydrogen) atoms. The van der Waals surface area contributed by atoms with Crippen LogP contribution in [0.2, 0.25) is 0 Å². The van der Waals surface area contributed by atoms with Crippen molar-refractivity contribution in [2.45, 2.75) is 50.5 Å². The third-order valence-corrected chi connectivity index (χ3v) is 5.49. The predicted octanol–water partition coefficient (Wildman–Crippen LogP) is 1.96. The lowest BCUT2D eigenvalue weighted by Crippen LogP contribution is -2.43. The molecule has 0 spiro atoms. The summed E-state index contributed by atoms with van der Waals surface area (Å²) in [7, 11) is 0. The molecule has 0 radical (unpaired) electrons. The molecule has 2 aliphatic rings. The first-order valence-corrected chi connectivity index (χ1v) is 9.36. The van der Waals surface area contributed by atoms with E-state index in [-0.39, 0.29) is 30.0 Å². The number of aryl methyl sites for hydroxylation is 1. The molecular weight excluding hydrogens is 328 g/mol. The van der Waals surface area contributed by atoms with Gasteiger partial charge in [-0.2, -0.15) is 0 Å². The van der Waals surface area contributed by atoms with Gasteiger partial charge in [-0.05, 0) is 26.3 Å². The second kappa shape index (κ2) is 7.29. The highest BCUT2D eigenvalue weighted by molar-refractivity contribution is 7.99. The number of carbonyl (C=O) groups is 2. The van der Waals surface area contributed by atoms with Gasteiger partial charge < -0.3 is 19.4 Å². The molecule has 2 atom stereocenters. The summed E-state index contributed by atoms with van der Waals surface area (Å²) in [4.78, 5) is 24.8. The molecule has 0 aliphatic carbocycles. The Morgan fingerprint density at radius 3 is 2.96 bits per heavy atom. The van der Waals surface area contributed by atoms with Gasteiger partial charge in [-0.25, -0.2) is 4.79 Å². The lowest BCUT2D eigenvalue weighted by atomic mass is 10.1. The number of rotatable bonds is 5. The van der Waals surface area contributed by atoms with Crippen LogP contribution in [0.5, 0.6) is 0 Å². The van der Waals surface area contributed by atoms with Gasteiger partial charge in [0.25, 0.3) is 0 Å². The van der Waals surface area contributed by atoms with Crippen molar-refractivity contribution in [3.8, 4) is 0 Å². The van der Waals surface area contributed by atoms with Crippen molar-refractivity contribution in [1.82, 2.24) is 9.88 Å². The lowest BCUT2D eigenvalue weighted by molar-refractivity contribution is -0.132. The number of nitrogens with one attached hydrogen (secondary N) is 1. The molecule has 2 aliphatic heterocycles. The third kappa shape index (κ3) is 3.53. The number of carbonyl (C=O) groups excluding carboxylic acids is 2. The molecule has 1 aromatic rings. The maximum absolute atomic E-state index is 12.5. The van der Waals surface area contributed by atoms with Crippen molar-refractivity contribution in [2.24, 2.45) is 0 Å². The molecule has 1 N–H and O–H groups in total. The number of ether oxygens (including phenoxy) is 2. The van der Waals surface area contributed by atoms with Gasteiger partial charge in [0.05, 0.1) is 29.3 Å². The average Bonchev–Trinajstić information content (AvgIpc) is 3.06. The normalized spacial score (nSPS) is 23.3. The van der Waals surface area contributed by atoms with Gasteiger partial charge in [0.15, 0.2) is 5.78 Å². The number of fused-ring (bicyclic) bond motifs is 1. The number of Topliss-reactive ketones (excluding diaryl/α,β-unsaturated/α-hetero) is 1. The standard InChI is InChI=1S/C17H24N2O4S/c1-10(2)23-17(21)15-11(3)8-19-12(9-24-16(15)19)6-13(20)14-7-18-4-5-22-14/h8,10,12,14,18H,4-7,9H2,1-3H3. The van der Waals surface area contributed by atoms with E-state index < -0.39 is 0 Å². The number of morpholine rings is 1. The highest BCUT2D eigenvalue weighted by atomic mass is 32.2. The zero-order chi connectivity index (χ0) is 17.3. The Bertz CT molecular complexity index is 635. The Morgan fingerprint density at radius 2 is 2.29 bits per heavy atom. The molecule has 7 heteroatoms. The van der Waals surface area contributed by atoms with Gasteiger partial charge in [0.2, 0.25) is 0 Å². The minimum Gasteiger partial charge on any atom is -0.459 e. The molecule has 0 saturated carbocycles. The van der Waals surface area contributed by atoms with Gasteiger partial charge in [-0.1, -0.05) is 0 Å². The van der Waals surface area contributed by atoms with Crippen LogP contribution in [0.25, 0.3) is 0 Å². The molecule has 132 valence electrons. The van der Waals surface area contributed by atoms with Crippen LogP contribution < -0.4 is 5.32 Å². The van der Waals surface area contributed by atoms with Crippen molar-refractivity contribution in [1.29, 1.82) is 0 Å². The van der Waals surface area contributed by atoms with E-state index in [4.69, 9.17) is 9.47 Å². The van der Waals surface area contributed by atoms with Gasteiger partial charge in [0.1, 0.15) is 6.10 Å². The van der Waals surface area contributed by atoms with Crippen LogP contribution in [0.4, 0.5) is 0 Å². The quantitative estimate of drug-likeness (QED) is 0.817. The summed E-state index contributed by atoms with van der Waals surface area (Å²) < 4.78 is 13.0. The fourth-order valence-electron chi connectivity index (χ4n) is 3.12. The van der Waals surface area contributed by atoms with E-state index in [0.29, 0.717) is 25.1 Å². The van der Waals surface area contributed by atoms with Crippen molar-refractivity contribution >= 4 is 23.5 Å². The lowest BCUT2D eigenvalue weighted by Gasteiger charge is -2.23. The zero-order valence-corrected chi connectivity index (χ0v) is 15.1. The molecule has 0 amide bonds. The Labute approximate surface area is 146 Å². The zero-order valence-electron chi connectivity index (χ0n) is 14.3. The minimum absolute atomic E-state index is 0.0716. The molecule has 3 rings (SSSR count). The summed E-state index contributed by atoms with van der Waals surface area (Å²) in [6, 6.07) is 0.0716. The summed E-state index contributed by atoms with van der Waals surface area (Å²) in [6.07, 6.45) is 1.89. The molecule has 0 bridgehead atoms. The van der Waals surface area contributed by atoms with E-state index in [2.05, 4.69) is 9.88 Å². The van der Waals surface area contributed by atoms with Crippen LogP contribution in [-0.2, 0) is 14.3 Å². The summed E-state index contributed by atoms with van der Waals surface area (Å²) in [5.41, 5.74) is 1.54. The van der Waals surface area contributed by atoms with Crippen molar-refractivity contribution in [3.05, 3.63) is 17.3 Å². The Morgan fingerprint density at radius 1 is 1.50 bits per heavy atom. The highest BCUT2D eigenvalue weighted by Gasteiger charge is 2.33. The summed E-state index contributed by atoms with van der Waals surface area (Å²) >= 11 is 1.62. The first-order chi connectivity index (χ1) is 11.5. The van der Waals surface area contributed by atoms with Crippen molar-refractivity contribution in [2.75, 3.05) is 25.4 Å². The SMILES string of the molecule is Cc1cn2c(c1C(=O)OC(C)C)SCC2CC(=O)C1CNCCO1. The molecular formula is C17H24N2O4S. The van der Waals surface area contributed by atoms with E-state index >= 15 is 0 Å². The largest absolute Gasteiger partial charge is 0.459 e. The van der Waals surface area contributed by atoms with Crippen LogP contribution >= 0.6 is 11.8 Å². The van der Waals surface area contributed by atoms with E-state index in [1.807, 2.05) is 27.0 Å². The van der Waals surface area contributed by atoms with E-state index in [9.17, 15) is 9.59 Å². The number of aromatic nitrogens is 1. The number of esters is 1. The molecule has 1 fully saturated rings. The van der Waals surface area contributed by atoms with Gasteiger partial charge in [0, 0.05) is 31.5 Å². The number of nitrogens with zero attached hydrogens (tertiary/aromatic N) is 1. The van der Waals surface area contributed by atoms with E-state index in [0.717, 1.165) is 22.9 Å². The fraction of sp³-hybridized carbons (Fsp3) is 0.647. The maximum Gasteiger partial charge on any atom is 0.341 e. The second-order valence-electron chi connectivity index (χ2n) is 6.55. The van der Waals surface area contributed by atoms with Crippen molar-refractivity contribution < 1.29 is 19.1 Å². The second-order valence-corrected chi connectivity index (χ2v) is 7.56. The Balaban J connectivity index is 1.73. The first kappa shape index (κ1) is 17.5. The molecule has 1 aromatic heterocycles. The average molecular weight is 352 g/mol. The monoisotopic (exact) mass is 352 g/mol. The van der Waals surface area contributed by atoms with E-state index in [1.165, 1.54) is 0 Å². The summed E-state index contributed by atoms with van der Waals surface area (Å²) in [5, 5.41) is 4.10. The summed E-state index contributed by atoms with van der Waals surface area (Å²) in [6.45, 7) is 7.56. The minimum atomic E-state index is -0.352. The Kier molecular flexibility index (Phi) is 5.32. The fourth-order valence-corrected chi connectivity index (χ4v) is 4.49.